The van der Waals surface area contributed by atoms with Crippen molar-refractivity contribution in [2.75, 3.05) is 5.32 Å². The number of aromatic nitrogens is 2. The molecule has 9 heteroatoms. The number of nitrogens with one attached hydrogen (secondary N) is 3. The van der Waals surface area contributed by atoms with Gasteiger partial charge in [0.05, 0.1) is 5.39 Å². The molecule has 1 saturated carbocycles. The standard InChI is InChI=1S/C25H27N5O4/c1-2-3-6-14-30-25(34)20-11-5-4-10-19(20)21(29-30)24(33)28-27-23(32)17-8-7-9-18(15-17)26-22(31)16-12-13-16/h4-5,7-11,15-16H,2-3,6,12-14H2,1H3,(H,26,31)(H,27,32)(H,28,33). The van der Waals surface area contributed by atoms with Crippen molar-refractivity contribution in [2.24, 2.45) is 5.92 Å². The molecule has 0 atom stereocenters. The number of anilines is 1. The summed E-state index contributed by atoms with van der Waals surface area (Å²) in [6.45, 7) is 2.47. The number of amides is 3. The molecule has 176 valence electrons. The van der Waals surface area contributed by atoms with Crippen LogP contribution in [0.3, 0.4) is 0 Å². The highest BCUT2D eigenvalue weighted by atomic mass is 16.2. The number of hydrogen-bond acceptors (Lipinski definition) is 5. The zero-order valence-electron chi connectivity index (χ0n) is 19.0. The smallest absolute Gasteiger partial charge is 0.290 e. The molecule has 3 aromatic rings. The Hall–Kier alpha value is -4.01. The molecule has 1 aromatic heterocycles. The number of unbranched alkanes of at least 4 members (excludes halogenated alkanes) is 2. The van der Waals surface area contributed by atoms with Gasteiger partial charge in [-0.2, -0.15) is 5.10 Å². The van der Waals surface area contributed by atoms with E-state index in [9.17, 15) is 19.2 Å². The average molecular weight is 462 g/mol. The van der Waals surface area contributed by atoms with Gasteiger partial charge in [0.2, 0.25) is 5.91 Å². The molecule has 4 rings (SSSR count). The van der Waals surface area contributed by atoms with Crippen molar-refractivity contribution in [2.45, 2.75) is 45.6 Å². The third kappa shape index (κ3) is 5.31. The number of nitrogens with zero attached hydrogens (tertiary/aromatic N) is 2. The number of aryl methyl sites for hydroxylation is 1. The first-order valence-corrected chi connectivity index (χ1v) is 11.5. The van der Waals surface area contributed by atoms with E-state index in [1.165, 1.54) is 4.68 Å². The summed E-state index contributed by atoms with van der Waals surface area (Å²) < 4.78 is 1.31. The first-order valence-electron chi connectivity index (χ1n) is 11.5. The van der Waals surface area contributed by atoms with Gasteiger partial charge >= 0.3 is 0 Å². The summed E-state index contributed by atoms with van der Waals surface area (Å²) in [4.78, 5) is 50.3. The van der Waals surface area contributed by atoms with Crippen LogP contribution in [-0.2, 0) is 11.3 Å². The van der Waals surface area contributed by atoms with Gasteiger partial charge in [-0.15, -0.1) is 0 Å². The van der Waals surface area contributed by atoms with Crippen LogP contribution in [0, 0.1) is 5.92 Å². The van der Waals surface area contributed by atoms with Crippen LogP contribution >= 0.6 is 0 Å². The largest absolute Gasteiger partial charge is 0.326 e. The minimum absolute atomic E-state index is 0.0457. The van der Waals surface area contributed by atoms with E-state index in [-0.39, 0.29) is 28.6 Å². The fraction of sp³-hybridized carbons (Fsp3) is 0.320. The lowest BCUT2D eigenvalue weighted by Crippen LogP contribution is -2.42. The van der Waals surface area contributed by atoms with Crippen LogP contribution < -0.4 is 21.7 Å². The molecule has 9 nitrogen and oxygen atoms in total. The van der Waals surface area contributed by atoms with Gasteiger partial charge in [-0.05, 0) is 43.5 Å². The number of fused-ring (bicyclic) bond motifs is 1. The van der Waals surface area contributed by atoms with Crippen molar-refractivity contribution in [1.82, 2.24) is 20.6 Å². The number of hydrogen-bond donors (Lipinski definition) is 3. The Bertz CT molecular complexity index is 1300. The fourth-order valence-electron chi connectivity index (χ4n) is 3.64. The number of carbonyl (C=O) groups is 3. The summed E-state index contributed by atoms with van der Waals surface area (Å²) in [5, 5.41) is 7.88. The number of hydrazine groups is 1. The molecule has 2 aromatic carbocycles. The second kappa shape index (κ2) is 10.3. The Morgan fingerprint density at radius 3 is 2.44 bits per heavy atom. The normalized spacial score (nSPS) is 12.9. The molecule has 3 amide bonds. The van der Waals surface area contributed by atoms with Gasteiger partial charge in [0.25, 0.3) is 17.4 Å². The summed E-state index contributed by atoms with van der Waals surface area (Å²) in [6, 6.07) is 13.3. The third-order valence-electron chi connectivity index (χ3n) is 5.69. The summed E-state index contributed by atoms with van der Waals surface area (Å²) in [6.07, 6.45) is 4.47. The van der Waals surface area contributed by atoms with Crippen molar-refractivity contribution >= 4 is 34.2 Å². The number of carbonyl (C=O) groups excluding carboxylic acids is 3. The van der Waals surface area contributed by atoms with E-state index >= 15 is 0 Å². The minimum Gasteiger partial charge on any atom is -0.326 e. The Morgan fingerprint density at radius 1 is 0.971 bits per heavy atom. The van der Waals surface area contributed by atoms with Gasteiger partial charge in [-0.1, -0.05) is 44.0 Å². The van der Waals surface area contributed by atoms with Crippen LogP contribution in [0.1, 0.15) is 59.9 Å². The van der Waals surface area contributed by atoms with Gasteiger partial charge in [-0.25, -0.2) is 4.68 Å². The highest BCUT2D eigenvalue weighted by Crippen LogP contribution is 2.30. The molecule has 34 heavy (non-hydrogen) atoms. The Kier molecular flexibility index (Phi) is 7.01. The van der Waals surface area contributed by atoms with Crippen molar-refractivity contribution in [1.29, 1.82) is 0 Å². The molecule has 1 aliphatic rings. The van der Waals surface area contributed by atoms with Crippen LogP contribution in [0.2, 0.25) is 0 Å². The van der Waals surface area contributed by atoms with Gasteiger partial charge in [0.15, 0.2) is 5.69 Å². The summed E-state index contributed by atoms with van der Waals surface area (Å²) >= 11 is 0. The van der Waals surface area contributed by atoms with Gasteiger partial charge in [0, 0.05) is 29.1 Å². The molecule has 3 N–H and O–H groups in total. The second-order valence-electron chi connectivity index (χ2n) is 8.38. The van der Waals surface area contributed by atoms with Crippen molar-refractivity contribution in [3.8, 4) is 0 Å². The van der Waals surface area contributed by atoms with Gasteiger partial charge in [-0.3, -0.25) is 30.0 Å². The Morgan fingerprint density at radius 2 is 1.71 bits per heavy atom. The predicted octanol–water partition coefficient (Wildman–Crippen LogP) is 3.01. The van der Waals surface area contributed by atoms with Crippen LogP contribution in [0.25, 0.3) is 10.8 Å². The van der Waals surface area contributed by atoms with E-state index in [4.69, 9.17) is 0 Å². The first kappa shape index (κ1) is 23.2. The van der Waals surface area contributed by atoms with E-state index in [1.54, 1.807) is 48.5 Å². The first-order chi connectivity index (χ1) is 16.5. The van der Waals surface area contributed by atoms with Gasteiger partial charge in [0.1, 0.15) is 0 Å². The molecule has 0 bridgehead atoms. The highest BCUT2D eigenvalue weighted by molar-refractivity contribution is 6.06. The van der Waals surface area contributed by atoms with Crippen molar-refractivity contribution in [3.05, 3.63) is 70.1 Å². The Labute approximate surface area is 196 Å². The molecule has 0 saturated heterocycles. The van der Waals surface area contributed by atoms with Crippen molar-refractivity contribution < 1.29 is 14.4 Å². The van der Waals surface area contributed by atoms with Crippen molar-refractivity contribution in [3.63, 3.8) is 0 Å². The molecule has 0 aliphatic heterocycles. The molecule has 0 radical (unpaired) electrons. The molecular formula is C25H27N5O4. The van der Waals surface area contributed by atoms with E-state index in [0.717, 1.165) is 32.1 Å². The van der Waals surface area contributed by atoms with E-state index < -0.39 is 11.8 Å². The lowest BCUT2D eigenvalue weighted by Gasteiger charge is -2.12. The quantitative estimate of drug-likeness (QED) is 0.352. The fourth-order valence-corrected chi connectivity index (χ4v) is 3.64. The zero-order chi connectivity index (χ0) is 24.1. The Balaban J connectivity index is 1.48. The van der Waals surface area contributed by atoms with Crippen LogP contribution in [0.5, 0.6) is 0 Å². The maximum atomic E-state index is 12.9. The minimum atomic E-state index is -0.632. The molecule has 1 aliphatic carbocycles. The summed E-state index contributed by atoms with van der Waals surface area (Å²) in [7, 11) is 0. The van der Waals surface area contributed by atoms with Crippen LogP contribution in [-0.4, -0.2) is 27.5 Å². The second-order valence-corrected chi connectivity index (χ2v) is 8.38. The van der Waals surface area contributed by atoms with E-state index in [2.05, 4.69) is 28.2 Å². The van der Waals surface area contributed by atoms with Gasteiger partial charge < -0.3 is 5.32 Å². The molecule has 0 unspecified atom stereocenters. The third-order valence-corrected chi connectivity index (χ3v) is 5.69. The zero-order valence-corrected chi connectivity index (χ0v) is 19.0. The topological polar surface area (TPSA) is 122 Å². The summed E-state index contributed by atoms with van der Waals surface area (Å²) in [5.41, 5.74) is 5.36. The van der Waals surface area contributed by atoms with E-state index in [1.807, 2.05) is 0 Å². The maximum Gasteiger partial charge on any atom is 0.290 e. The lowest BCUT2D eigenvalue weighted by molar-refractivity contribution is -0.117. The molecule has 1 fully saturated rings. The monoisotopic (exact) mass is 461 g/mol. The molecular weight excluding hydrogens is 434 g/mol. The molecule has 0 spiro atoms. The van der Waals surface area contributed by atoms with Crippen LogP contribution in [0.4, 0.5) is 5.69 Å². The maximum absolute atomic E-state index is 12.9. The lowest BCUT2D eigenvalue weighted by atomic mass is 10.1. The highest BCUT2D eigenvalue weighted by Gasteiger charge is 2.29. The SMILES string of the molecule is CCCCCn1nc(C(=O)NNC(=O)c2cccc(NC(=O)C3CC3)c2)c2ccccc2c1=O. The molecule has 1 heterocycles. The number of benzene rings is 2. The van der Waals surface area contributed by atoms with E-state index in [0.29, 0.717) is 23.0 Å². The van der Waals surface area contributed by atoms with Crippen LogP contribution in [0.15, 0.2) is 53.3 Å². The average Bonchev–Trinajstić information content (AvgIpc) is 3.70. The number of rotatable bonds is 8. The summed E-state index contributed by atoms with van der Waals surface area (Å²) in [5.74, 6) is -1.19. The predicted molar refractivity (Wildman–Crippen MR) is 128 cm³/mol.